The van der Waals surface area contributed by atoms with Crippen LogP contribution in [0.25, 0.3) is 0 Å². The second kappa shape index (κ2) is 6.96. The average molecular weight is 325 g/mol. The first-order valence-electron chi connectivity index (χ1n) is 9.46. The molecule has 0 unspecified atom stereocenters. The molecule has 0 N–H and O–H groups in total. The summed E-state index contributed by atoms with van der Waals surface area (Å²) in [4.78, 5) is 5.15. The van der Waals surface area contributed by atoms with Crippen molar-refractivity contribution in [2.75, 3.05) is 59.2 Å². The fourth-order valence-corrected chi connectivity index (χ4v) is 4.85. The summed E-state index contributed by atoms with van der Waals surface area (Å²) in [5.74, 6) is 0. The second-order valence-electron chi connectivity index (χ2n) is 8.73. The van der Waals surface area contributed by atoms with E-state index < -0.39 is 0 Å². The van der Waals surface area contributed by atoms with Gasteiger partial charge in [0.2, 0.25) is 0 Å². The summed E-state index contributed by atoms with van der Waals surface area (Å²) in [5.41, 5.74) is 0.572. The van der Waals surface area contributed by atoms with Gasteiger partial charge < -0.3 is 4.74 Å². The van der Waals surface area contributed by atoms with Gasteiger partial charge in [0.25, 0.3) is 0 Å². The van der Waals surface area contributed by atoms with Crippen LogP contribution in [0.3, 0.4) is 0 Å². The number of piperidine rings is 1. The van der Waals surface area contributed by atoms with E-state index in [9.17, 15) is 0 Å². The van der Waals surface area contributed by atoms with E-state index in [-0.39, 0.29) is 11.1 Å². The predicted octanol–water partition coefficient (Wildman–Crippen LogP) is 1.85. The molecule has 0 aliphatic carbocycles. The number of nitrogens with zero attached hydrogens (tertiary/aromatic N) is 4. The van der Waals surface area contributed by atoms with Crippen molar-refractivity contribution in [1.82, 2.24) is 19.8 Å². The van der Waals surface area contributed by atoms with Gasteiger partial charge in [-0.2, -0.15) is 0 Å². The molecule has 3 aliphatic rings. The Balaban J connectivity index is 1.55. The lowest BCUT2D eigenvalue weighted by Crippen LogP contribution is -2.68. The van der Waals surface area contributed by atoms with Crippen LogP contribution in [0, 0.1) is 0 Å². The number of rotatable bonds is 3. The lowest BCUT2D eigenvalue weighted by Gasteiger charge is -2.58. The molecular weight excluding hydrogens is 288 g/mol. The van der Waals surface area contributed by atoms with E-state index in [0.717, 1.165) is 46.1 Å². The maximum absolute atomic E-state index is 5.46. The molecule has 3 heterocycles. The molecule has 0 aromatic carbocycles. The Hall–Kier alpha value is -0.200. The zero-order valence-corrected chi connectivity index (χ0v) is 15.7. The number of ether oxygens (including phenoxy) is 1. The van der Waals surface area contributed by atoms with Gasteiger partial charge in [0.05, 0.1) is 19.9 Å². The summed E-state index contributed by atoms with van der Waals surface area (Å²) in [6.45, 7) is 19.5. The third-order valence-corrected chi connectivity index (χ3v) is 5.86. The van der Waals surface area contributed by atoms with E-state index in [2.05, 4.69) is 47.5 Å². The summed E-state index contributed by atoms with van der Waals surface area (Å²) >= 11 is 0. The monoisotopic (exact) mass is 324 g/mol. The molecule has 0 amide bonds. The van der Waals surface area contributed by atoms with Gasteiger partial charge in [0.1, 0.15) is 0 Å². The van der Waals surface area contributed by atoms with Crippen molar-refractivity contribution in [2.45, 2.75) is 58.0 Å². The van der Waals surface area contributed by atoms with E-state index in [1.54, 1.807) is 0 Å². The molecular formula is C18H36N4O. The summed E-state index contributed by atoms with van der Waals surface area (Å²) in [7, 11) is 0. The molecule has 5 heteroatoms. The fraction of sp³-hybridized carbons (Fsp3) is 1.00. The Morgan fingerprint density at radius 1 is 0.739 bits per heavy atom. The van der Waals surface area contributed by atoms with Crippen molar-refractivity contribution in [3.05, 3.63) is 0 Å². The highest BCUT2D eigenvalue weighted by Crippen LogP contribution is 2.39. The Bertz CT molecular complexity index is 368. The third kappa shape index (κ3) is 4.07. The zero-order valence-electron chi connectivity index (χ0n) is 15.7. The van der Waals surface area contributed by atoms with E-state index in [0.29, 0.717) is 0 Å². The minimum absolute atomic E-state index is 0.286. The number of morpholine rings is 1. The Labute approximate surface area is 142 Å². The second-order valence-corrected chi connectivity index (χ2v) is 8.73. The summed E-state index contributed by atoms with van der Waals surface area (Å²) in [6.07, 6.45) is 3.97. The van der Waals surface area contributed by atoms with E-state index in [1.807, 2.05) is 0 Å². The molecule has 3 saturated heterocycles. The number of hydrazine groups is 1. The van der Waals surface area contributed by atoms with E-state index in [4.69, 9.17) is 4.74 Å². The molecule has 3 aliphatic heterocycles. The van der Waals surface area contributed by atoms with Gasteiger partial charge in [0.15, 0.2) is 0 Å². The highest BCUT2D eigenvalue weighted by atomic mass is 16.5. The minimum atomic E-state index is 0.286. The van der Waals surface area contributed by atoms with Crippen LogP contribution in [0.4, 0.5) is 0 Å². The minimum Gasteiger partial charge on any atom is -0.379 e. The van der Waals surface area contributed by atoms with Crippen LogP contribution in [-0.2, 0) is 4.74 Å². The van der Waals surface area contributed by atoms with Crippen LogP contribution in [0.15, 0.2) is 0 Å². The smallest absolute Gasteiger partial charge is 0.0594 e. The van der Waals surface area contributed by atoms with Gasteiger partial charge in [0, 0.05) is 50.3 Å². The Morgan fingerprint density at radius 3 is 1.83 bits per heavy atom. The van der Waals surface area contributed by atoms with Crippen LogP contribution < -0.4 is 0 Å². The Morgan fingerprint density at radius 2 is 1.26 bits per heavy atom. The average Bonchev–Trinajstić information content (AvgIpc) is 2.48. The zero-order chi connectivity index (χ0) is 16.5. The van der Waals surface area contributed by atoms with Crippen molar-refractivity contribution >= 4 is 0 Å². The molecule has 0 radical (unpaired) electrons. The molecule has 0 saturated carbocycles. The standard InChI is InChI=1S/C18H36N4O/c1-17(2)6-5-7-18(3,4)22(17)21-10-8-19(9-11-21)16-20-12-14-23-15-13-20/h5-16H2,1-4H3. The first-order valence-corrected chi connectivity index (χ1v) is 9.46. The fourth-order valence-electron chi connectivity index (χ4n) is 4.85. The van der Waals surface area contributed by atoms with Crippen LogP contribution in [-0.4, -0.2) is 90.0 Å². The molecule has 0 aromatic rings. The van der Waals surface area contributed by atoms with E-state index in [1.165, 1.54) is 32.4 Å². The molecule has 0 bridgehead atoms. The highest BCUT2D eigenvalue weighted by molar-refractivity contribution is 4.96. The first kappa shape index (κ1) is 17.6. The van der Waals surface area contributed by atoms with Crippen molar-refractivity contribution < 1.29 is 4.74 Å². The number of piperazine rings is 1. The van der Waals surface area contributed by atoms with Gasteiger partial charge in [-0.3, -0.25) is 9.80 Å². The van der Waals surface area contributed by atoms with E-state index >= 15 is 0 Å². The quantitative estimate of drug-likeness (QED) is 0.788. The van der Waals surface area contributed by atoms with Crippen LogP contribution in [0.5, 0.6) is 0 Å². The summed E-state index contributed by atoms with van der Waals surface area (Å²) in [5, 5.41) is 5.37. The lowest BCUT2D eigenvalue weighted by molar-refractivity contribution is -0.196. The molecule has 134 valence electrons. The van der Waals surface area contributed by atoms with Crippen molar-refractivity contribution in [3.8, 4) is 0 Å². The molecule has 3 fully saturated rings. The number of hydrogen-bond acceptors (Lipinski definition) is 5. The molecule has 0 spiro atoms. The van der Waals surface area contributed by atoms with Crippen LogP contribution in [0.2, 0.25) is 0 Å². The first-order chi connectivity index (χ1) is 10.9. The van der Waals surface area contributed by atoms with Gasteiger partial charge in [-0.1, -0.05) is 0 Å². The van der Waals surface area contributed by atoms with Gasteiger partial charge in [-0.05, 0) is 47.0 Å². The number of hydrogen-bond donors (Lipinski definition) is 0. The van der Waals surface area contributed by atoms with Crippen LogP contribution in [0.1, 0.15) is 47.0 Å². The van der Waals surface area contributed by atoms with Crippen LogP contribution >= 0.6 is 0 Å². The topological polar surface area (TPSA) is 22.2 Å². The predicted molar refractivity (Wildman–Crippen MR) is 94.3 cm³/mol. The third-order valence-electron chi connectivity index (χ3n) is 5.86. The summed E-state index contributed by atoms with van der Waals surface area (Å²) < 4.78 is 5.46. The van der Waals surface area contributed by atoms with Crippen molar-refractivity contribution in [2.24, 2.45) is 0 Å². The molecule has 3 rings (SSSR count). The van der Waals surface area contributed by atoms with Gasteiger partial charge >= 0.3 is 0 Å². The molecule has 0 atom stereocenters. The highest BCUT2D eigenvalue weighted by Gasteiger charge is 2.45. The van der Waals surface area contributed by atoms with Crippen molar-refractivity contribution in [3.63, 3.8) is 0 Å². The molecule has 23 heavy (non-hydrogen) atoms. The van der Waals surface area contributed by atoms with Gasteiger partial charge in [-0.25, -0.2) is 10.0 Å². The van der Waals surface area contributed by atoms with Gasteiger partial charge in [-0.15, -0.1) is 0 Å². The Kier molecular flexibility index (Phi) is 5.33. The maximum atomic E-state index is 5.46. The summed E-state index contributed by atoms with van der Waals surface area (Å²) in [6, 6.07) is 0. The molecule has 5 nitrogen and oxygen atoms in total. The SMILES string of the molecule is CC1(C)CCCC(C)(C)N1N1CCN(CN2CCOCC2)CC1. The lowest BCUT2D eigenvalue weighted by atomic mass is 9.81. The maximum Gasteiger partial charge on any atom is 0.0594 e. The van der Waals surface area contributed by atoms with Crippen molar-refractivity contribution in [1.29, 1.82) is 0 Å². The normalized spacial score (nSPS) is 31.3. The largest absolute Gasteiger partial charge is 0.379 e. The molecule has 0 aromatic heterocycles.